The molecule has 2 aliphatic heterocycles. The minimum Gasteiger partial charge on any atom is -0.368 e. The van der Waals surface area contributed by atoms with Crippen LogP contribution in [0.5, 0.6) is 0 Å². The van der Waals surface area contributed by atoms with Crippen LogP contribution in [0.15, 0.2) is 0 Å². The summed E-state index contributed by atoms with van der Waals surface area (Å²) in [5.74, 6) is -1.19. The molecular formula is C20H34N6O4. The van der Waals surface area contributed by atoms with Gasteiger partial charge in [0.25, 0.3) is 0 Å². The van der Waals surface area contributed by atoms with Gasteiger partial charge in [-0.25, -0.2) is 0 Å². The first-order valence-electron chi connectivity index (χ1n) is 11.0. The molecule has 10 nitrogen and oxygen atoms in total. The summed E-state index contributed by atoms with van der Waals surface area (Å²) in [5, 5.41) is 8.74. The van der Waals surface area contributed by atoms with Crippen LogP contribution >= 0.6 is 0 Å². The van der Waals surface area contributed by atoms with E-state index in [9.17, 15) is 19.2 Å². The molecule has 0 spiro atoms. The Morgan fingerprint density at radius 3 is 2.37 bits per heavy atom. The minimum absolute atomic E-state index is 0.104. The Hall–Kier alpha value is -2.04. The molecule has 2 saturated heterocycles. The van der Waals surface area contributed by atoms with Crippen molar-refractivity contribution in [3.63, 3.8) is 0 Å². The first-order valence-corrected chi connectivity index (χ1v) is 11.0. The third-order valence-electron chi connectivity index (χ3n) is 6.50. The third-order valence-corrected chi connectivity index (χ3v) is 6.50. The first kappa shape index (κ1) is 22.6. The Kier molecular flexibility index (Phi) is 7.10. The topological polar surface area (TPSA) is 160 Å². The van der Waals surface area contributed by atoms with Gasteiger partial charge in [-0.2, -0.15) is 0 Å². The Morgan fingerprint density at radius 2 is 1.80 bits per heavy atom. The van der Waals surface area contributed by atoms with Crippen LogP contribution in [0.1, 0.15) is 51.9 Å². The van der Waals surface area contributed by atoms with Crippen LogP contribution in [0.25, 0.3) is 0 Å². The van der Waals surface area contributed by atoms with Crippen LogP contribution in [0.3, 0.4) is 0 Å². The van der Waals surface area contributed by atoms with Crippen LogP contribution in [-0.4, -0.2) is 77.7 Å². The predicted molar refractivity (Wildman–Crippen MR) is 110 cm³/mol. The van der Waals surface area contributed by atoms with Crippen molar-refractivity contribution in [2.24, 2.45) is 11.5 Å². The van der Waals surface area contributed by atoms with Gasteiger partial charge in [0.15, 0.2) is 5.78 Å². The fraction of sp³-hybridized carbons (Fsp3) is 0.800. The quantitative estimate of drug-likeness (QED) is 0.276. The summed E-state index contributed by atoms with van der Waals surface area (Å²) in [6, 6.07) is -2.30. The molecule has 0 bridgehead atoms. The smallest absolute Gasteiger partial charge is 0.241 e. The molecule has 3 fully saturated rings. The number of nitrogens with two attached hydrogens (primary N) is 2. The van der Waals surface area contributed by atoms with Crippen LogP contribution < -0.4 is 27.4 Å². The highest BCUT2D eigenvalue weighted by atomic mass is 16.2. The van der Waals surface area contributed by atoms with Gasteiger partial charge in [0.2, 0.25) is 17.7 Å². The van der Waals surface area contributed by atoms with Gasteiger partial charge < -0.3 is 27.4 Å². The zero-order chi connectivity index (χ0) is 21.9. The molecule has 0 radical (unpaired) electrons. The largest absolute Gasteiger partial charge is 0.368 e. The summed E-state index contributed by atoms with van der Waals surface area (Å²) in [5.41, 5.74) is 10.2. The lowest BCUT2D eigenvalue weighted by atomic mass is 9.92. The summed E-state index contributed by atoms with van der Waals surface area (Å²) >= 11 is 0. The number of Topliss-reactive ketones (excluding diaryl/α,β-unsaturated/α-hetero) is 1. The summed E-state index contributed by atoms with van der Waals surface area (Å²) in [6.45, 7) is 3.06. The van der Waals surface area contributed by atoms with Crippen molar-refractivity contribution in [1.29, 1.82) is 0 Å². The normalized spacial score (nSPS) is 31.0. The molecule has 10 heteroatoms. The van der Waals surface area contributed by atoms with Gasteiger partial charge in [-0.3, -0.25) is 24.1 Å². The molecule has 0 aromatic rings. The number of nitrogens with one attached hydrogen (secondary N) is 3. The number of amides is 3. The number of carbonyl (C=O) groups is 4. The first-order chi connectivity index (χ1) is 14.3. The van der Waals surface area contributed by atoms with Crippen molar-refractivity contribution in [3.8, 4) is 0 Å². The number of hydrogen-bond donors (Lipinski definition) is 5. The van der Waals surface area contributed by atoms with Gasteiger partial charge in [-0.15, -0.1) is 0 Å². The number of primary amides is 1. The number of ketones is 1. The standard InChI is InChI=1S/C20H34N6O4/c1-2-3-5-12-18(29)24-13(10-23-12)16(27)20(7-8-20)26-11-14(17(22)28)25-19(30)15(26)6-4-9-21/h12-15,23H,2-11,21H2,1H3,(H2,22,28)(H,24,29)(H,25,30)/t12-,13+,14+,15-/m0/s1. The molecule has 0 unspecified atom stereocenters. The van der Waals surface area contributed by atoms with Crippen LogP contribution in [0.2, 0.25) is 0 Å². The van der Waals surface area contributed by atoms with Gasteiger partial charge >= 0.3 is 0 Å². The second-order valence-corrected chi connectivity index (χ2v) is 8.62. The molecule has 4 atom stereocenters. The molecule has 2 heterocycles. The average molecular weight is 423 g/mol. The van der Waals surface area contributed by atoms with Gasteiger partial charge in [-0.1, -0.05) is 19.8 Å². The van der Waals surface area contributed by atoms with Crippen LogP contribution in [0, 0.1) is 0 Å². The Morgan fingerprint density at radius 1 is 1.10 bits per heavy atom. The fourth-order valence-corrected chi connectivity index (χ4v) is 4.60. The van der Waals surface area contributed by atoms with Crippen molar-refractivity contribution in [2.45, 2.75) is 81.6 Å². The monoisotopic (exact) mass is 422 g/mol. The molecule has 3 amide bonds. The van der Waals surface area contributed by atoms with Crippen molar-refractivity contribution in [1.82, 2.24) is 20.9 Å². The minimum atomic E-state index is -0.847. The van der Waals surface area contributed by atoms with E-state index in [1.807, 2.05) is 4.90 Å². The molecule has 30 heavy (non-hydrogen) atoms. The molecule has 168 valence electrons. The lowest BCUT2D eigenvalue weighted by molar-refractivity contribution is -0.144. The van der Waals surface area contributed by atoms with Crippen molar-refractivity contribution in [3.05, 3.63) is 0 Å². The molecule has 1 saturated carbocycles. The highest BCUT2D eigenvalue weighted by Crippen LogP contribution is 2.46. The number of unbranched alkanes of at least 4 members (excludes halogenated alkanes) is 1. The molecule has 1 aliphatic carbocycles. The highest BCUT2D eigenvalue weighted by molar-refractivity contribution is 6.00. The fourth-order valence-electron chi connectivity index (χ4n) is 4.60. The van der Waals surface area contributed by atoms with Gasteiger partial charge in [0, 0.05) is 13.1 Å². The third kappa shape index (κ3) is 4.50. The zero-order valence-corrected chi connectivity index (χ0v) is 17.6. The maximum atomic E-state index is 13.5. The maximum Gasteiger partial charge on any atom is 0.241 e. The zero-order valence-electron chi connectivity index (χ0n) is 17.6. The van der Waals surface area contributed by atoms with Crippen molar-refractivity contribution >= 4 is 23.5 Å². The predicted octanol–water partition coefficient (Wildman–Crippen LogP) is -1.87. The lowest BCUT2D eigenvalue weighted by Crippen LogP contribution is -2.70. The number of hydrogen-bond acceptors (Lipinski definition) is 7. The van der Waals surface area contributed by atoms with E-state index in [2.05, 4.69) is 22.9 Å². The summed E-state index contributed by atoms with van der Waals surface area (Å²) in [6.07, 6.45) is 4.98. The Bertz CT molecular complexity index is 695. The SMILES string of the molecule is CCCC[C@@H]1NC[C@H](C(=O)C2(N3C[C@H](C(N)=O)NC(=O)[C@@H]3CCCN)CC2)NC1=O. The van der Waals surface area contributed by atoms with Crippen LogP contribution in [-0.2, 0) is 19.2 Å². The van der Waals surface area contributed by atoms with E-state index in [4.69, 9.17) is 11.5 Å². The highest BCUT2D eigenvalue weighted by Gasteiger charge is 2.60. The Labute approximate surface area is 176 Å². The molecule has 0 aromatic heterocycles. The van der Waals surface area contributed by atoms with Gasteiger partial charge in [-0.05, 0) is 38.6 Å². The van der Waals surface area contributed by atoms with Crippen molar-refractivity contribution in [2.75, 3.05) is 19.6 Å². The van der Waals surface area contributed by atoms with E-state index in [-0.39, 0.29) is 30.2 Å². The second kappa shape index (κ2) is 9.40. The van der Waals surface area contributed by atoms with E-state index in [0.717, 1.165) is 19.3 Å². The average Bonchev–Trinajstić information content (AvgIpc) is 3.52. The molecule has 7 N–H and O–H groups in total. The lowest BCUT2D eigenvalue weighted by Gasteiger charge is -2.44. The van der Waals surface area contributed by atoms with E-state index in [1.54, 1.807) is 0 Å². The van der Waals surface area contributed by atoms with Crippen molar-refractivity contribution < 1.29 is 19.2 Å². The molecule has 3 aliphatic rings. The summed E-state index contributed by atoms with van der Waals surface area (Å²) in [4.78, 5) is 52.2. The molecule has 0 aromatic carbocycles. The van der Waals surface area contributed by atoms with Crippen LogP contribution in [0.4, 0.5) is 0 Å². The number of piperazine rings is 2. The van der Waals surface area contributed by atoms with E-state index in [0.29, 0.717) is 38.8 Å². The maximum absolute atomic E-state index is 13.5. The number of rotatable bonds is 10. The Balaban J connectivity index is 1.75. The van der Waals surface area contributed by atoms with E-state index in [1.165, 1.54) is 0 Å². The number of carbonyl (C=O) groups excluding carboxylic acids is 4. The molecule has 3 rings (SSSR count). The van der Waals surface area contributed by atoms with Gasteiger partial charge in [0.1, 0.15) is 12.1 Å². The number of nitrogens with zero attached hydrogens (tertiary/aromatic N) is 1. The van der Waals surface area contributed by atoms with E-state index >= 15 is 0 Å². The molecular weight excluding hydrogens is 388 g/mol. The van der Waals surface area contributed by atoms with E-state index < -0.39 is 29.6 Å². The summed E-state index contributed by atoms with van der Waals surface area (Å²) in [7, 11) is 0. The second-order valence-electron chi connectivity index (χ2n) is 8.62. The van der Waals surface area contributed by atoms with Gasteiger partial charge in [0.05, 0.1) is 17.6 Å². The summed E-state index contributed by atoms with van der Waals surface area (Å²) < 4.78 is 0.